The van der Waals surface area contributed by atoms with E-state index in [0.29, 0.717) is 17.1 Å². The number of benzene rings is 3. The molecule has 0 N–H and O–H groups in total. The molecule has 27 heavy (non-hydrogen) atoms. The highest BCUT2D eigenvalue weighted by atomic mass is 127. The lowest BCUT2D eigenvalue weighted by Gasteiger charge is -2.09. The third kappa shape index (κ3) is 3.43. The minimum atomic E-state index is -0.397. The van der Waals surface area contributed by atoms with Gasteiger partial charge in [-0.25, -0.2) is 0 Å². The topological polar surface area (TPSA) is 86.7 Å². The van der Waals surface area contributed by atoms with Gasteiger partial charge in [0.1, 0.15) is 5.69 Å². The molecular weight excluding hydrogens is 457 g/mol. The summed E-state index contributed by atoms with van der Waals surface area (Å²) in [6.07, 6.45) is 0. The van der Waals surface area contributed by atoms with Crippen LogP contribution < -0.4 is 0 Å². The number of nitro groups is 1. The van der Waals surface area contributed by atoms with Crippen LogP contribution in [0.5, 0.6) is 0 Å². The molecule has 0 aliphatic rings. The van der Waals surface area contributed by atoms with Crippen LogP contribution in [-0.4, -0.2) is 25.1 Å². The fourth-order valence-electron chi connectivity index (χ4n) is 2.78. The SMILES string of the molecule is O=[N+]([O-])c1cccc(-n2nnc(-c3ccccc3)n2)c1-c1ccc(I)cc1. The zero-order chi connectivity index (χ0) is 18.8. The standard InChI is InChI=1S/C19H12IN5O2/c20-15-11-9-13(10-12-15)18-16(7-4-8-17(18)25(26)27)24-22-19(21-23-24)14-5-2-1-3-6-14/h1-12H. The van der Waals surface area contributed by atoms with Gasteiger partial charge in [0.05, 0.1) is 10.5 Å². The van der Waals surface area contributed by atoms with Crippen LogP contribution in [0.2, 0.25) is 0 Å². The molecular formula is C19H12IN5O2. The first-order chi connectivity index (χ1) is 13.1. The van der Waals surface area contributed by atoms with Gasteiger partial charge in [0.25, 0.3) is 5.69 Å². The van der Waals surface area contributed by atoms with E-state index < -0.39 is 4.92 Å². The highest BCUT2D eigenvalue weighted by Gasteiger charge is 2.22. The molecule has 0 aliphatic carbocycles. The Labute approximate surface area is 168 Å². The molecule has 0 bridgehead atoms. The van der Waals surface area contributed by atoms with E-state index >= 15 is 0 Å². The molecule has 4 rings (SSSR count). The number of halogens is 1. The van der Waals surface area contributed by atoms with E-state index in [4.69, 9.17) is 0 Å². The molecule has 0 unspecified atom stereocenters. The zero-order valence-electron chi connectivity index (χ0n) is 13.9. The molecule has 0 saturated carbocycles. The van der Waals surface area contributed by atoms with Crippen molar-refractivity contribution in [3.8, 4) is 28.2 Å². The van der Waals surface area contributed by atoms with Crippen molar-refractivity contribution in [3.05, 3.63) is 86.5 Å². The molecule has 7 nitrogen and oxygen atoms in total. The van der Waals surface area contributed by atoms with Crippen LogP contribution in [-0.2, 0) is 0 Å². The number of hydrogen-bond donors (Lipinski definition) is 0. The normalized spacial score (nSPS) is 10.7. The molecule has 8 heteroatoms. The van der Waals surface area contributed by atoms with Gasteiger partial charge < -0.3 is 0 Å². The van der Waals surface area contributed by atoms with Crippen LogP contribution in [0.15, 0.2) is 72.8 Å². The summed E-state index contributed by atoms with van der Waals surface area (Å²) >= 11 is 2.19. The fourth-order valence-corrected chi connectivity index (χ4v) is 3.14. The molecule has 1 aromatic heterocycles. The van der Waals surface area contributed by atoms with Crippen molar-refractivity contribution in [1.29, 1.82) is 0 Å². The molecule has 4 aromatic rings. The predicted octanol–water partition coefficient (Wildman–Crippen LogP) is 4.51. The summed E-state index contributed by atoms with van der Waals surface area (Å²) in [4.78, 5) is 12.5. The molecule has 0 spiro atoms. The molecule has 0 saturated heterocycles. The number of rotatable bonds is 4. The Morgan fingerprint density at radius 1 is 0.889 bits per heavy atom. The summed E-state index contributed by atoms with van der Waals surface area (Å²) in [7, 11) is 0. The van der Waals surface area contributed by atoms with Crippen molar-refractivity contribution in [2.75, 3.05) is 0 Å². The van der Waals surface area contributed by atoms with Gasteiger partial charge >= 0.3 is 0 Å². The van der Waals surface area contributed by atoms with E-state index in [1.165, 1.54) is 10.9 Å². The number of tetrazole rings is 1. The smallest absolute Gasteiger partial charge is 0.258 e. The van der Waals surface area contributed by atoms with E-state index in [1.807, 2.05) is 54.6 Å². The molecule has 0 radical (unpaired) electrons. The minimum Gasteiger partial charge on any atom is -0.258 e. The van der Waals surface area contributed by atoms with Crippen molar-refractivity contribution in [2.45, 2.75) is 0 Å². The van der Waals surface area contributed by atoms with Crippen molar-refractivity contribution < 1.29 is 4.92 Å². The van der Waals surface area contributed by atoms with Crippen LogP contribution in [0, 0.1) is 13.7 Å². The lowest BCUT2D eigenvalue weighted by atomic mass is 10.0. The maximum atomic E-state index is 11.6. The van der Waals surface area contributed by atoms with Crippen molar-refractivity contribution >= 4 is 28.3 Å². The average Bonchev–Trinajstić information content (AvgIpc) is 3.19. The summed E-state index contributed by atoms with van der Waals surface area (Å²) in [5.41, 5.74) is 2.49. The van der Waals surface area contributed by atoms with E-state index in [2.05, 4.69) is 38.0 Å². The maximum Gasteiger partial charge on any atom is 0.279 e. The number of nitrogens with zero attached hydrogens (tertiary/aromatic N) is 5. The van der Waals surface area contributed by atoms with Crippen molar-refractivity contribution in [1.82, 2.24) is 20.2 Å². The van der Waals surface area contributed by atoms with Gasteiger partial charge in [-0.15, -0.1) is 15.0 Å². The van der Waals surface area contributed by atoms with Crippen LogP contribution in [0.1, 0.15) is 0 Å². The van der Waals surface area contributed by atoms with Crippen molar-refractivity contribution in [2.24, 2.45) is 0 Å². The van der Waals surface area contributed by atoms with Crippen LogP contribution in [0.4, 0.5) is 5.69 Å². The highest BCUT2D eigenvalue weighted by Crippen LogP contribution is 2.35. The quantitative estimate of drug-likeness (QED) is 0.250. The van der Waals surface area contributed by atoms with Gasteiger partial charge in [0, 0.05) is 15.2 Å². The summed E-state index contributed by atoms with van der Waals surface area (Å²) in [5.74, 6) is 0.454. The zero-order valence-corrected chi connectivity index (χ0v) is 16.0. The van der Waals surface area contributed by atoms with Gasteiger partial charge in [-0.2, -0.15) is 0 Å². The first kappa shape index (κ1) is 17.3. The molecule has 0 atom stereocenters. The molecule has 0 aliphatic heterocycles. The van der Waals surface area contributed by atoms with Gasteiger partial charge in [-0.1, -0.05) is 48.5 Å². The average molecular weight is 469 g/mol. The molecule has 132 valence electrons. The Morgan fingerprint density at radius 3 is 2.33 bits per heavy atom. The Kier molecular flexibility index (Phi) is 4.63. The first-order valence-corrected chi connectivity index (χ1v) is 9.10. The Morgan fingerprint density at radius 2 is 1.63 bits per heavy atom. The third-order valence-corrected chi connectivity index (χ3v) is 4.73. The lowest BCUT2D eigenvalue weighted by Crippen LogP contribution is -2.04. The van der Waals surface area contributed by atoms with Gasteiger partial charge in [0.15, 0.2) is 0 Å². The van der Waals surface area contributed by atoms with E-state index in [0.717, 1.165) is 14.7 Å². The van der Waals surface area contributed by atoms with E-state index in [-0.39, 0.29) is 5.69 Å². The van der Waals surface area contributed by atoms with Gasteiger partial charge in [0.2, 0.25) is 5.82 Å². The Balaban J connectivity index is 1.89. The maximum absolute atomic E-state index is 11.6. The van der Waals surface area contributed by atoms with Crippen LogP contribution >= 0.6 is 22.6 Å². The van der Waals surface area contributed by atoms with Gasteiger partial charge in [-0.3, -0.25) is 10.1 Å². The molecule has 0 fully saturated rings. The van der Waals surface area contributed by atoms with E-state index in [1.54, 1.807) is 12.1 Å². The van der Waals surface area contributed by atoms with Crippen molar-refractivity contribution in [3.63, 3.8) is 0 Å². The Hall–Kier alpha value is -3.14. The third-order valence-electron chi connectivity index (χ3n) is 4.01. The van der Waals surface area contributed by atoms with Crippen LogP contribution in [0.3, 0.4) is 0 Å². The van der Waals surface area contributed by atoms with E-state index in [9.17, 15) is 10.1 Å². The summed E-state index contributed by atoms with van der Waals surface area (Å²) in [6.45, 7) is 0. The Bertz CT molecular complexity index is 1110. The first-order valence-electron chi connectivity index (χ1n) is 8.02. The lowest BCUT2D eigenvalue weighted by molar-refractivity contribution is -0.384. The predicted molar refractivity (Wildman–Crippen MR) is 109 cm³/mol. The molecule has 3 aromatic carbocycles. The minimum absolute atomic E-state index is 0.00716. The summed E-state index contributed by atoms with van der Waals surface area (Å²) in [5, 5.41) is 24.3. The number of nitro benzene ring substituents is 1. The highest BCUT2D eigenvalue weighted by molar-refractivity contribution is 14.1. The molecule has 0 amide bonds. The number of hydrogen-bond acceptors (Lipinski definition) is 5. The molecule has 1 heterocycles. The second-order valence-corrected chi connectivity index (χ2v) is 6.95. The van der Waals surface area contributed by atoms with Crippen LogP contribution in [0.25, 0.3) is 28.2 Å². The monoisotopic (exact) mass is 469 g/mol. The summed E-state index contributed by atoms with van der Waals surface area (Å²) in [6, 6.07) is 21.8. The largest absolute Gasteiger partial charge is 0.279 e. The summed E-state index contributed by atoms with van der Waals surface area (Å²) < 4.78 is 1.04. The van der Waals surface area contributed by atoms with Gasteiger partial charge in [-0.05, 0) is 51.6 Å². The second-order valence-electron chi connectivity index (χ2n) is 5.70. The number of aromatic nitrogens is 4. The second kappa shape index (κ2) is 7.23. The fraction of sp³-hybridized carbons (Fsp3) is 0.